The molecule has 1 aliphatic heterocycles. The molecule has 23 heavy (non-hydrogen) atoms. The Bertz CT molecular complexity index is 471. The Morgan fingerprint density at radius 3 is 3.17 bits per heavy atom. The molecule has 2 heterocycles. The summed E-state index contributed by atoms with van der Waals surface area (Å²) in [7, 11) is 3.68. The predicted molar refractivity (Wildman–Crippen MR) is 89.4 cm³/mol. The minimum absolute atomic E-state index is 0.0697. The molecule has 1 saturated heterocycles. The number of amides is 1. The Kier molecular flexibility index (Phi) is 7.22. The van der Waals surface area contributed by atoms with E-state index in [9.17, 15) is 4.79 Å². The van der Waals surface area contributed by atoms with Gasteiger partial charge in [0.2, 0.25) is 5.91 Å². The van der Waals surface area contributed by atoms with Crippen molar-refractivity contribution in [1.82, 2.24) is 20.4 Å². The van der Waals surface area contributed by atoms with E-state index in [1.807, 2.05) is 19.2 Å². The van der Waals surface area contributed by atoms with Gasteiger partial charge in [-0.1, -0.05) is 0 Å². The van der Waals surface area contributed by atoms with Crippen LogP contribution in [0.25, 0.3) is 0 Å². The highest BCUT2D eigenvalue weighted by molar-refractivity contribution is 5.78. The van der Waals surface area contributed by atoms with Crippen molar-refractivity contribution in [2.24, 2.45) is 0 Å². The molecular weight excluding hydrogens is 294 g/mol. The van der Waals surface area contributed by atoms with Crippen LogP contribution in [0.3, 0.4) is 0 Å². The second kappa shape index (κ2) is 9.42. The Morgan fingerprint density at radius 2 is 2.43 bits per heavy atom. The lowest BCUT2D eigenvalue weighted by Gasteiger charge is -2.37. The third kappa shape index (κ3) is 5.76. The number of nitrogens with zero attached hydrogens (tertiary/aromatic N) is 4. The number of piperidine rings is 1. The summed E-state index contributed by atoms with van der Waals surface area (Å²) in [4.78, 5) is 16.4. The Morgan fingerprint density at radius 1 is 1.57 bits per heavy atom. The molecule has 0 unspecified atom stereocenters. The van der Waals surface area contributed by atoms with Crippen molar-refractivity contribution in [2.45, 2.75) is 25.3 Å². The number of anilines is 1. The number of likely N-dealkylation sites (N-methyl/N-ethyl adjacent to an activating group) is 1. The van der Waals surface area contributed by atoms with Crippen molar-refractivity contribution >= 4 is 11.7 Å². The second-order valence-electron chi connectivity index (χ2n) is 5.94. The van der Waals surface area contributed by atoms with Crippen molar-refractivity contribution in [1.29, 1.82) is 0 Å². The topological polar surface area (TPSA) is 70.6 Å². The second-order valence-corrected chi connectivity index (χ2v) is 5.94. The highest BCUT2D eigenvalue weighted by Crippen LogP contribution is 2.19. The molecule has 7 nitrogen and oxygen atoms in total. The van der Waals surface area contributed by atoms with Crippen molar-refractivity contribution < 1.29 is 9.53 Å². The highest BCUT2D eigenvalue weighted by Gasteiger charge is 2.25. The largest absolute Gasteiger partial charge is 0.385 e. The van der Waals surface area contributed by atoms with Crippen molar-refractivity contribution in [3.63, 3.8) is 0 Å². The fourth-order valence-corrected chi connectivity index (χ4v) is 2.84. The van der Waals surface area contributed by atoms with Gasteiger partial charge in [0.05, 0.1) is 6.54 Å². The molecule has 1 N–H and O–H groups in total. The number of hydrogen-bond donors (Lipinski definition) is 1. The molecule has 1 aliphatic rings. The molecule has 0 spiro atoms. The molecule has 2 rings (SSSR count). The number of ether oxygens (including phenoxy) is 1. The molecule has 128 valence electrons. The first kappa shape index (κ1) is 17.6. The minimum atomic E-state index is 0.0697. The Balaban J connectivity index is 1.77. The summed E-state index contributed by atoms with van der Waals surface area (Å²) < 4.78 is 4.98. The van der Waals surface area contributed by atoms with Gasteiger partial charge in [0, 0.05) is 45.6 Å². The average Bonchev–Trinajstić information content (AvgIpc) is 2.59. The van der Waals surface area contributed by atoms with Crippen LogP contribution in [-0.4, -0.2) is 74.0 Å². The quantitative estimate of drug-likeness (QED) is 0.704. The molecule has 0 bridgehead atoms. The van der Waals surface area contributed by atoms with Crippen molar-refractivity contribution in [3.8, 4) is 0 Å². The van der Waals surface area contributed by atoms with Gasteiger partial charge in [0.25, 0.3) is 0 Å². The molecule has 1 fully saturated rings. The van der Waals surface area contributed by atoms with E-state index in [1.165, 1.54) is 0 Å². The van der Waals surface area contributed by atoms with E-state index >= 15 is 0 Å². The fraction of sp³-hybridized carbons (Fsp3) is 0.688. The number of rotatable bonds is 8. The average molecular weight is 321 g/mol. The maximum Gasteiger partial charge on any atom is 0.234 e. The molecule has 7 heteroatoms. The Labute approximate surface area is 138 Å². The number of carbonyl (C=O) groups excluding carboxylic acids is 1. The van der Waals surface area contributed by atoms with Gasteiger partial charge in [-0.25, -0.2) is 0 Å². The summed E-state index contributed by atoms with van der Waals surface area (Å²) in [5, 5.41) is 11.1. The van der Waals surface area contributed by atoms with E-state index in [1.54, 1.807) is 13.3 Å². The van der Waals surface area contributed by atoms with E-state index in [4.69, 9.17) is 4.74 Å². The molecule has 0 saturated carbocycles. The predicted octanol–water partition coefficient (Wildman–Crippen LogP) is 0.530. The summed E-state index contributed by atoms with van der Waals surface area (Å²) in [6.07, 6.45) is 4.73. The molecular formula is C16H27N5O2. The van der Waals surface area contributed by atoms with Crippen LogP contribution in [0.2, 0.25) is 0 Å². The third-order valence-electron chi connectivity index (χ3n) is 4.14. The maximum absolute atomic E-state index is 12.0. The molecule has 1 atom stereocenters. The zero-order chi connectivity index (χ0) is 16.5. The lowest BCUT2D eigenvalue weighted by atomic mass is 10.0. The normalized spacial score (nSPS) is 18.2. The zero-order valence-corrected chi connectivity index (χ0v) is 14.1. The number of carbonyl (C=O) groups is 1. The van der Waals surface area contributed by atoms with E-state index in [-0.39, 0.29) is 5.91 Å². The number of methoxy groups -OCH3 is 1. The third-order valence-corrected chi connectivity index (χ3v) is 4.14. The van der Waals surface area contributed by atoms with Gasteiger partial charge < -0.3 is 15.0 Å². The number of aromatic nitrogens is 2. The van der Waals surface area contributed by atoms with E-state index < -0.39 is 0 Å². The molecule has 1 aromatic heterocycles. The smallest absolute Gasteiger partial charge is 0.234 e. The van der Waals surface area contributed by atoms with Crippen LogP contribution in [0.5, 0.6) is 0 Å². The van der Waals surface area contributed by atoms with Crippen LogP contribution in [0.4, 0.5) is 5.82 Å². The van der Waals surface area contributed by atoms with Crippen molar-refractivity contribution in [3.05, 3.63) is 18.3 Å². The molecule has 1 amide bonds. The molecule has 0 aromatic carbocycles. The first-order valence-corrected chi connectivity index (χ1v) is 8.19. The summed E-state index contributed by atoms with van der Waals surface area (Å²) >= 11 is 0. The van der Waals surface area contributed by atoms with Crippen LogP contribution in [0, 0.1) is 0 Å². The van der Waals surface area contributed by atoms with Gasteiger partial charge >= 0.3 is 0 Å². The van der Waals surface area contributed by atoms with Gasteiger partial charge in [-0.3, -0.25) is 9.69 Å². The van der Waals surface area contributed by atoms with Crippen LogP contribution >= 0.6 is 0 Å². The standard InChI is InChI=1S/C16H27N5O2/c1-20(13-16(22)17-8-5-11-23-2)14-6-4-10-21(12-14)15-7-3-9-18-19-15/h3,7,9,14H,4-6,8,10-13H2,1-2H3,(H,17,22)/t14-/m0/s1. The van der Waals surface area contributed by atoms with Gasteiger partial charge in [-0.15, -0.1) is 5.10 Å². The maximum atomic E-state index is 12.0. The summed E-state index contributed by atoms with van der Waals surface area (Å²) in [6, 6.07) is 4.25. The van der Waals surface area contributed by atoms with Crippen LogP contribution in [-0.2, 0) is 9.53 Å². The van der Waals surface area contributed by atoms with Gasteiger partial charge in [-0.2, -0.15) is 5.10 Å². The summed E-state index contributed by atoms with van der Waals surface area (Å²) in [5.41, 5.74) is 0. The van der Waals surface area contributed by atoms with E-state index in [0.29, 0.717) is 25.7 Å². The lowest BCUT2D eigenvalue weighted by Crippen LogP contribution is -2.49. The molecule has 1 aromatic rings. The summed E-state index contributed by atoms with van der Waals surface area (Å²) in [6.45, 7) is 3.63. The van der Waals surface area contributed by atoms with Gasteiger partial charge in [0.15, 0.2) is 5.82 Å². The minimum Gasteiger partial charge on any atom is -0.385 e. The first-order valence-electron chi connectivity index (χ1n) is 8.19. The van der Waals surface area contributed by atoms with Crippen LogP contribution in [0.1, 0.15) is 19.3 Å². The van der Waals surface area contributed by atoms with Gasteiger partial charge in [-0.05, 0) is 38.4 Å². The Hall–Kier alpha value is -1.73. The van der Waals surface area contributed by atoms with Crippen molar-refractivity contribution in [2.75, 3.05) is 51.8 Å². The monoisotopic (exact) mass is 321 g/mol. The highest BCUT2D eigenvalue weighted by atomic mass is 16.5. The summed E-state index contributed by atoms with van der Waals surface area (Å²) in [5.74, 6) is 0.981. The number of hydrogen-bond acceptors (Lipinski definition) is 6. The SMILES string of the molecule is COCCCNC(=O)CN(C)[C@H]1CCCN(c2cccnn2)C1. The number of nitrogens with one attached hydrogen (secondary N) is 1. The van der Waals surface area contributed by atoms with E-state index in [0.717, 1.165) is 38.2 Å². The van der Waals surface area contributed by atoms with Crippen LogP contribution in [0.15, 0.2) is 18.3 Å². The zero-order valence-electron chi connectivity index (χ0n) is 14.1. The lowest BCUT2D eigenvalue weighted by molar-refractivity contribution is -0.122. The molecule has 0 radical (unpaired) electrons. The van der Waals surface area contributed by atoms with Gasteiger partial charge in [0.1, 0.15) is 0 Å². The molecule has 0 aliphatic carbocycles. The van der Waals surface area contributed by atoms with Crippen LogP contribution < -0.4 is 10.2 Å². The fourth-order valence-electron chi connectivity index (χ4n) is 2.84. The van der Waals surface area contributed by atoms with E-state index in [2.05, 4.69) is 25.3 Å². The first-order chi connectivity index (χ1) is 11.2.